The summed E-state index contributed by atoms with van der Waals surface area (Å²) in [5.41, 5.74) is 4.45. The molecule has 1 fully saturated rings. The van der Waals surface area contributed by atoms with Crippen LogP contribution in [0.5, 0.6) is 5.75 Å². The average molecular weight is 432 g/mol. The topological polar surface area (TPSA) is 76.5 Å². The van der Waals surface area contributed by atoms with E-state index < -0.39 is 15.1 Å². The highest BCUT2D eigenvalue weighted by Crippen LogP contribution is 2.39. The lowest BCUT2D eigenvalue weighted by atomic mass is 9.95. The molecule has 0 aliphatic carbocycles. The summed E-state index contributed by atoms with van der Waals surface area (Å²) in [5.74, 6) is 0.251. The van der Waals surface area contributed by atoms with Crippen molar-refractivity contribution in [1.29, 1.82) is 0 Å². The van der Waals surface area contributed by atoms with Crippen LogP contribution in [0.2, 0.25) is 5.02 Å². The Kier molecular flexibility index (Phi) is 5.51. The van der Waals surface area contributed by atoms with Gasteiger partial charge >= 0.3 is 0 Å². The first-order valence-electron chi connectivity index (χ1n) is 9.48. The van der Waals surface area contributed by atoms with E-state index in [0.29, 0.717) is 17.9 Å². The molecule has 5 nitrogen and oxygen atoms in total. The van der Waals surface area contributed by atoms with Crippen molar-refractivity contribution in [2.24, 2.45) is 0 Å². The van der Waals surface area contributed by atoms with Gasteiger partial charge in [0.1, 0.15) is 11.0 Å². The molecule has 1 aromatic carbocycles. The first-order chi connectivity index (χ1) is 13.8. The highest BCUT2D eigenvalue weighted by molar-refractivity contribution is 7.92. The molecule has 0 saturated carbocycles. The van der Waals surface area contributed by atoms with E-state index in [9.17, 15) is 13.5 Å². The number of aromatic nitrogens is 1. The fourth-order valence-corrected chi connectivity index (χ4v) is 6.32. The third-order valence-corrected chi connectivity index (χ3v) is 7.89. The van der Waals surface area contributed by atoms with E-state index in [-0.39, 0.29) is 24.2 Å². The number of pyridine rings is 1. The lowest BCUT2D eigenvalue weighted by molar-refractivity contribution is 0.118. The second-order valence-electron chi connectivity index (χ2n) is 7.48. The second-order valence-corrected chi connectivity index (χ2v) is 10.1. The number of rotatable bonds is 5. The van der Waals surface area contributed by atoms with E-state index in [4.69, 9.17) is 16.3 Å². The summed E-state index contributed by atoms with van der Waals surface area (Å²) >= 11 is 6.29. The summed E-state index contributed by atoms with van der Waals surface area (Å²) in [4.78, 5) is 4.46. The molecule has 0 bridgehead atoms. The molecule has 2 aromatic rings. The Hall–Kier alpha value is -2.15. The van der Waals surface area contributed by atoms with Crippen LogP contribution in [-0.4, -0.2) is 42.2 Å². The molecule has 0 amide bonds. The van der Waals surface area contributed by atoms with Crippen molar-refractivity contribution in [1.82, 2.24) is 4.98 Å². The number of phenols is 1. The number of fused-ring (bicyclic) bond motifs is 1. The minimum absolute atomic E-state index is 0.113. The van der Waals surface area contributed by atoms with Gasteiger partial charge in [-0.15, -0.1) is 0 Å². The molecule has 0 radical (unpaired) electrons. The van der Waals surface area contributed by atoms with Gasteiger partial charge in [0.15, 0.2) is 9.84 Å². The second kappa shape index (κ2) is 7.94. The monoisotopic (exact) mass is 431 g/mol. The Morgan fingerprint density at radius 1 is 1.34 bits per heavy atom. The molecule has 2 aliphatic heterocycles. The Labute approximate surface area is 175 Å². The predicted molar refractivity (Wildman–Crippen MR) is 114 cm³/mol. The Bertz CT molecular complexity index is 1090. The van der Waals surface area contributed by atoms with Crippen LogP contribution >= 0.6 is 11.6 Å². The number of phenolic OH excluding ortho intramolecular Hbond substituents is 1. The van der Waals surface area contributed by atoms with Crippen LogP contribution in [-0.2, 0) is 14.6 Å². The molecule has 29 heavy (non-hydrogen) atoms. The third kappa shape index (κ3) is 4.10. The average Bonchev–Trinajstić information content (AvgIpc) is 3.21. The Morgan fingerprint density at radius 3 is 2.90 bits per heavy atom. The van der Waals surface area contributed by atoms with Gasteiger partial charge in [-0.3, -0.25) is 4.98 Å². The number of halogens is 1. The van der Waals surface area contributed by atoms with E-state index in [1.807, 2.05) is 31.2 Å². The molecule has 3 heterocycles. The normalized spacial score (nSPS) is 23.4. The molecule has 152 valence electrons. The fraction of sp³-hybridized carbons (Fsp3) is 0.318. The van der Waals surface area contributed by atoms with Crippen molar-refractivity contribution in [3.05, 3.63) is 70.0 Å². The zero-order chi connectivity index (χ0) is 20.6. The van der Waals surface area contributed by atoms with Gasteiger partial charge in [-0.2, -0.15) is 0 Å². The number of hydrogen-bond donors (Lipinski definition) is 1. The molecule has 2 aliphatic rings. The van der Waals surface area contributed by atoms with E-state index in [0.717, 1.165) is 28.0 Å². The van der Waals surface area contributed by atoms with Gasteiger partial charge in [-0.1, -0.05) is 23.2 Å². The van der Waals surface area contributed by atoms with E-state index in [1.165, 1.54) is 6.07 Å². The quantitative estimate of drug-likeness (QED) is 0.715. The first-order valence-corrected chi connectivity index (χ1v) is 11.6. The Balaban J connectivity index is 1.61. The number of benzene rings is 1. The van der Waals surface area contributed by atoms with Gasteiger partial charge < -0.3 is 9.84 Å². The van der Waals surface area contributed by atoms with Gasteiger partial charge in [-0.25, -0.2) is 8.42 Å². The van der Waals surface area contributed by atoms with E-state index in [2.05, 4.69) is 4.98 Å². The van der Waals surface area contributed by atoms with Gasteiger partial charge in [0.25, 0.3) is 0 Å². The largest absolute Gasteiger partial charge is 0.508 e. The van der Waals surface area contributed by atoms with Gasteiger partial charge in [-0.05, 0) is 72.9 Å². The fourth-order valence-electron chi connectivity index (χ4n) is 4.10. The summed E-state index contributed by atoms with van der Waals surface area (Å²) in [6, 6.07) is 10.6. The van der Waals surface area contributed by atoms with Crippen LogP contribution in [0.1, 0.15) is 31.0 Å². The molecule has 0 spiro atoms. The summed E-state index contributed by atoms with van der Waals surface area (Å²) in [6.45, 7) is 2.13. The van der Waals surface area contributed by atoms with Crippen LogP contribution in [0.4, 0.5) is 0 Å². The summed E-state index contributed by atoms with van der Waals surface area (Å²) < 4.78 is 30.4. The SMILES string of the molecule is CC1=C2[C@@H](CC/C(=C/c3ccc(O)cc3Cl)c3ccccn3)OC[C@@H]2S(=O)(=O)C1. The number of nitrogens with zero attached hydrogens (tertiary/aromatic N) is 1. The van der Waals surface area contributed by atoms with Gasteiger partial charge in [0, 0.05) is 6.20 Å². The standard InChI is InChI=1S/C22H22ClNO4S/c1-14-13-29(26,27)21-12-28-20(22(14)21)8-6-16(19-4-2-3-9-24-19)10-15-5-7-17(25)11-18(15)23/h2-5,7,9-11,20-21,25H,6,8,12-13H2,1H3/b16-10-/t20-,21+/m1/s1. The smallest absolute Gasteiger partial charge is 0.163 e. The van der Waals surface area contributed by atoms with E-state index >= 15 is 0 Å². The minimum atomic E-state index is -3.12. The van der Waals surface area contributed by atoms with Crippen molar-refractivity contribution in [2.45, 2.75) is 31.1 Å². The lowest BCUT2D eigenvalue weighted by Gasteiger charge is -2.14. The summed E-state index contributed by atoms with van der Waals surface area (Å²) in [5, 5.41) is 9.57. The molecular weight excluding hydrogens is 410 g/mol. The molecule has 2 atom stereocenters. The third-order valence-electron chi connectivity index (χ3n) is 5.47. The van der Waals surface area contributed by atoms with Crippen LogP contribution in [0.3, 0.4) is 0 Å². The number of hydrogen-bond acceptors (Lipinski definition) is 5. The number of ether oxygens (including phenoxy) is 1. The van der Waals surface area contributed by atoms with Crippen molar-refractivity contribution < 1.29 is 18.3 Å². The number of sulfone groups is 1. The predicted octanol–water partition coefficient (Wildman–Crippen LogP) is 4.27. The molecule has 0 unspecified atom stereocenters. The van der Waals surface area contributed by atoms with Crippen molar-refractivity contribution >= 4 is 33.1 Å². The zero-order valence-corrected chi connectivity index (χ0v) is 17.6. The maximum atomic E-state index is 12.3. The first kappa shape index (κ1) is 20.1. The molecule has 1 N–H and O–H groups in total. The molecule has 1 aromatic heterocycles. The zero-order valence-electron chi connectivity index (χ0n) is 16.0. The van der Waals surface area contributed by atoms with Crippen LogP contribution in [0, 0.1) is 0 Å². The summed E-state index contributed by atoms with van der Waals surface area (Å²) in [6.07, 6.45) is 4.82. The molecular formula is C22H22ClNO4S. The maximum Gasteiger partial charge on any atom is 0.163 e. The Morgan fingerprint density at radius 2 is 2.17 bits per heavy atom. The number of aromatic hydroxyl groups is 1. The van der Waals surface area contributed by atoms with Gasteiger partial charge in [0.2, 0.25) is 0 Å². The van der Waals surface area contributed by atoms with E-state index in [1.54, 1.807) is 18.3 Å². The molecule has 1 saturated heterocycles. The number of allylic oxidation sites excluding steroid dienone is 1. The maximum absolute atomic E-state index is 12.3. The lowest BCUT2D eigenvalue weighted by Crippen LogP contribution is -2.19. The van der Waals surface area contributed by atoms with Crippen molar-refractivity contribution in [3.63, 3.8) is 0 Å². The highest BCUT2D eigenvalue weighted by Gasteiger charge is 2.45. The van der Waals surface area contributed by atoms with Crippen LogP contribution < -0.4 is 0 Å². The summed E-state index contributed by atoms with van der Waals surface area (Å²) in [7, 11) is -3.12. The minimum Gasteiger partial charge on any atom is -0.508 e. The molecule has 7 heteroatoms. The molecule has 4 rings (SSSR count). The van der Waals surface area contributed by atoms with Gasteiger partial charge in [0.05, 0.1) is 29.2 Å². The van der Waals surface area contributed by atoms with Crippen LogP contribution in [0.25, 0.3) is 11.6 Å². The highest BCUT2D eigenvalue weighted by atomic mass is 35.5. The van der Waals surface area contributed by atoms with Crippen LogP contribution in [0.15, 0.2) is 53.7 Å². The van der Waals surface area contributed by atoms with Crippen molar-refractivity contribution in [3.8, 4) is 5.75 Å². The van der Waals surface area contributed by atoms with Crippen molar-refractivity contribution in [2.75, 3.05) is 12.4 Å².